The van der Waals surface area contributed by atoms with Crippen LogP contribution in [0, 0.1) is 11.8 Å². The first-order valence-corrected chi connectivity index (χ1v) is 7.11. The standard InChI is InChI=1S/C16H28FNO/c1-8-9-16(17)14(18(6)7)13(10-11(2)3)19-15(16)12(4)5/h9,11-15H,1,10H2,2-7H3/t13-,14-,15+,16-/m1/s1. The molecule has 110 valence electrons. The molecule has 0 spiro atoms. The fourth-order valence-electron chi connectivity index (χ4n) is 3.19. The summed E-state index contributed by atoms with van der Waals surface area (Å²) in [5, 5.41) is 0. The molecule has 3 heteroatoms. The zero-order valence-corrected chi connectivity index (χ0v) is 13.1. The maximum atomic E-state index is 15.5. The molecule has 1 aliphatic heterocycles. The SMILES string of the molecule is C=C=C[C@]1(F)[C@H](C(C)C)O[C@H](CC(C)C)[C@H]1N(C)C. The molecule has 0 aromatic carbocycles. The van der Waals surface area contributed by atoms with E-state index < -0.39 is 11.8 Å². The Kier molecular flexibility index (Phi) is 5.37. The summed E-state index contributed by atoms with van der Waals surface area (Å²) in [5.41, 5.74) is 1.12. The minimum atomic E-state index is -1.51. The summed E-state index contributed by atoms with van der Waals surface area (Å²) in [6.07, 6.45) is 1.81. The van der Waals surface area contributed by atoms with Gasteiger partial charge in [0.1, 0.15) is 6.10 Å². The second-order valence-corrected chi connectivity index (χ2v) is 6.55. The number of hydrogen-bond donors (Lipinski definition) is 0. The van der Waals surface area contributed by atoms with Crippen molar-refractivity contribution in [2.24, 2.45) is 11.8 Å². The van der Waals surface area contributed by atoms with Crippen LogP contribution in [0.2, 0.25) is 0 Å². The average Bonchev–Trinajstić information content (AvgIpc) is 2.50. The summed E-state index contributed by atoms with van der Waals surface area (Å²) >= 11 is 0. The smallest absolute Gasteiger partial charge is 0.180 e. The molecule has 1 fully saturated rings. The first kappa shape index (κ1) is 16.4. The van der Waals surface area contributed by atoms with E-state index in [0.29, 0.717) is 5.92 Å². The van der Waals surface area contributed by atoms with Crippen molar-refractivity contribution >= 4 is 0 Å². The fourth-order valence-corrected chi connectivity index (χ4v) is 3.19. The summed E-state index contributed by atoms with van der Waals surface area (Å²) in [6, 6.07) is -0.281. The van der Waals surface area contributed by atoms with Gasteiger partial charge in [-0.15, -0.1) is 5.73 Å². The number of halogens is 1. The van der Waals surface area contributed by atoms with Crippen LogP contribution >= 0.6 is 0 Å². The Hall–Kier alpha value is -0.630. The highest BCUT2D eigenvalue weighted by molar-refractivity contribution is 5.18. The molecule has 0 aliphatic carbocycles. The zero-order valence-electron chi connectivity index (χ0n) is 13.1. The second kappa shape index (κ2) is 6.21. The van der Waals surface area contributed by atoms with Crippen LogP contribution in [0.25, 0.3) is 0 Å². The number of likely N-dealkylation sites (N-methyl/N-ethyl adjacent to an activating group) is 1. The predicted octanol–water partition coefficient (Wildman–Crippen LogP) is 3.44. The van der Waals surface area contributed by atoms with E-state index in [2.05, 4.69) is 26.2 Å². The van der Waals surface area contributed by atoms with Crippen molar-refractivity contribution in [1.82, 2.24) is 4.90 Å². The van der Waals surface area contributed by atoms with Crippen molar-refractivity contribution in [3.8, 4) is 0 Å². The van der Waals surface area contributed by atoms with Crippen molar-refractivity contribution in [1.29, 1.82) is 0 Å². The predicted molar refractivity (Wildman–Crippen MR) is 78.0 cm³/mol. The first-order chi connectivity index (χ1) is 8.74. The lowest BCUT2D eigenvalue weighted by atomic mass is 9.83. The third-order valence-corrected chi connectivity index (χ3v) is 3.75. The molecule has 0 radical (unpaired) electrons. The lowest BCUT2D eigenvalue weighted by Crippen LogP contribution is -2.51. The van der Waals surface area contributed by atoms with Gasteiger partial charge in [-0.05, 0) is 38.4 Å². The van der Waals surface area contributed by atoms with Crippen molar-refractivity contribution in [2.45, 2.75) is 58.0 Å². The van der Waals surface area contributed by atoms with E-state index in [1.165, 1.54) is 6.08 Å². The van der Waals surface area contributed by atoms with Gasteiger partial charge >= 0.3 is 0 Å². The van der Waals surface area contributed by atoms with E-state index in [-0.39, 0.29) is 18.1 Å². The summed E-state index contributed by atoms with van der Waals surface area (Å²) in [7, 11) is 3.82. The molecular weight excluding hydrogens is 241 g/mol. The zero-order chi connectivity index (χ0) is 14.8. The number of rotatable bonds is 5. The molecule has 1 heterocycles. The highest BCUT2D eigenvalue weighted by Gasteiger charge is 2.57. The van der Waals surface area contributed by atoms with Crippen LogP contribution < -0.4 is 0 Å². The third kappa shape index (κ3) is 3.28. The monoisotopic (exact) mass is 269 g/mol. The Balaban J connectivity index is 3.16. The van der Waals surface area contributed by atoms with Gasteiger partial charge in [-0.25, -0.2) is 4.39 Å². The molecule has 4 atom stereocenters. The van der Waals surface area contributed by atoms with Gasteiger partial charge in [-0.1, -0.05) is 34.3 Å². The minimum Gasteiger partial charge on any atom is -0.369 e. The van der Waals surface area contributed by atoms with Gasteiger partial charge < -0.3 is 9.64 Å². The summed E-state index contributed by atoms with van der Waals surface area (Å²) in [6.45, 7) is 11.8. The van der Waals surface area contributed by atoms with Crippen LogP contribution in [-0.4, -0.2) is 42.9 Å². The Morgan fingerprint density at radius 2 is 1.95 bits per heavy atom. The van der Waals surface area contributed by atoms with Crippen molar-refractivity contribution in [3.63, 3.8) is 0 Å². The van der Waals surface area contributed by atoms with Gasteiger partial charge in [0.15, 0.2) is 5.67 Å². The Morgan fingerprint density at radius 3 is 2.32 bits per heavy atom. The molecule has 0 unspecified atom stereocenters. The van der Waals surface area contributed by atoms with Gasteiger partial charge in [-0.2, -0.15) is 0 Å². The minimum absolute atomic E-state index is 0.0861. The molecule has 1 aliphatic rings. The van der Waals surface area contributed by atoms with E-state index >= 15 is 4.39 Å². The summed E-state index contributed by atoms with van der Waals surface area (Å²) < 4.78 is 21.6. The van der Waals surface area contributed by atoms with Gasteiger partial charge in [0.2, 0.25) is 0 Å². The Bertz CT molecular complexity index is 347. The molecule has 1 saturated heterocycles. The highest BCUT2D eigenvalue weighted by atomic mass is 19.1. The quantitative estimate of drug-likeness (QED) is 0.709. The number of hydrogen-bond acceptors (Lipinski definition) is 2. The van der Waals surface area contributed by atoms with Crippen LogP contribution in [0.4, 0.5) is 4.39 Å². The summed E-state index contributed by atoms with van der Waals surface area (Å²) in [4.78, 5) is 1.93. The Morgan fingerprint density at radius 1 is 1.37 bits per heavy atom. The molecule has 0 N–H and O–H groups in total. The number of ether oxygens (including phenoxy) is 1. The molecule has 0 saturated carbocycles. The lowest BCUT2D eigenvalue weighted by Gasteiger charge is -2.34. The normalized spacial score (nSPS) is 35.2. The maximum absolute atomic E-state index is 15.5. The van der Waals surface area contributed by atoms with Crippen LogP contribution in [0.5, 0.6) is 0 Å². The van der Waals surface area contributed by atoms with Crippen LogP contribution in [0.3, 0.4) is 0 Å². The molecule has 0 aromatic rings. The van der Waals surface area contributed by atoms with E-state index in [4.69, 9.17) is 4.74 Å². The van der Waals surface area contributed by atoms with Crippen molar-refractivity contribution in [3.05, 3.63) is 18.4 Å². The largest absolute Gasteiger partial charge is 0.369 e. The van der Waals surface area contributed by atoms with Gasteiger partial charge in [0.05, 0.1) is 12.1 Å². The maximum Gasteiger partial charge on any atom is 0.180 e. The molecule has 0 aromatic heterocycles. The van der Waals surface area contributed by atoms with Gasteiger partial charge in [0, 0.05) is 0 Å². The molecular formula is C16H28FNO. The topological polar surface area (TPSA) is 12.5 Å². The third-order valence-electron chi connectivity index (χ3n) is 3.75. The fraction of sp³-hybridized carbons (Fsp3) is 0.812. The average molecular weight is 269 g/mol. The van der Waals surface area contributed by atoms with Crippen LogP contribution in [0.1, 0.15) is 34.1 Å². The Labute approximate surface area is 117 Å². The molecule has 2 nitrogen and oxygen atoms in total. The van der Waals surface area contributed by atoms with E-state index in [1.807, 2.05) is 32.8 Å². The van der Waals surface area contributed by atoms with E-state index in [0.717, 1.165) is 6.42 Å². The lowest BCUT2D eigenvalue weighted by molar-refractivity contribution is -0.0220. The highest BCUT2D eigenvalue weighted by Crippen LogP contribution is 2.43. The molecule has 0 amide bonds. The second-order valence-electron chi connectivity index (χ2n) is 6.55. The van der Waals surface area contributed by atoms with Gasteiger partial charge in [0.25, 0.3) is 0 Å². The molecule has 19 heavy (non-hydrogen) atoms. The van der Waals surface area contributed by atoms with Crippen molar-refractivity contribution in [2.75, 3.05) is 14.1 Å². The van der Waals surface area contributed by atoms with Crippen LogP contribution in [-0.2, 0) is 4.74 Å². The summed E-state index contributed by atoms with van der Waals surface area (Å²) in [5.74, 6) is 0.601. The van der Waals surface area contributed by atoms with Crippen molar-refractivity contribution < 1.29 is 9.13 Å². The van der Waals surface area contributed by atoms with Gasteiger partial charge in [-0.3, -0.25) is 0 Å². The first-order valence-electron chi connectivity index (χ1n) is 7.11. The van der Waals surface area contributed by atoms with E-state index in [1.54, 1.807) is 0 Å². The number of alkyl halides is 1. The molecule has 1 rings (SSSR count). The molecule has 0 bridgehead atoms. The van der Waals surface area contributed by atoms with E-state index in [9.17, 15) is 0 Å². The van der Waals surface area contributed by atoms with Crippen LogP contribution in [0.15, 0.2) is 18.4 Å². The number of nitrogens with zero attached hydrogens (tertiary/aromatic N) is 1.